The van der Waals surface area contributed by atoms with Crippen molar-refractivity contribution in [2.45, 2.75) is 85.5 Å². The van der Waals surface area contributed by atoms with Crippen LogP contribution < -0.4 is 10.6 Å². The van der Waals surface area contributed by atoms with Gasteiger partial charge in [-0.1, -0.05) is 55.0 Å². The molecule has 3 atom stereocenters. The van der Waals surface area contributed by atoms with Crippen LogP contribution in [0.1, 0.15) is 69.3 Å². The molecule has 0 aliphatic rings. The van der Waals surface area contributed by atoms with Crippen molar-refractivity contribution < 1.29 is 19.1 Å². The number of benzene rings is 2. The van der Waals surface area contributed by atoms with E-state index in [1.54, 1.807) is 25.7 Å². The van der Waals surface area contributed by atoms with Gasteiger partial charge >= 0.3 is 6.09 Å². The topological polar surface area (TPSA) is 87.7 Å². The van der Waals surface area contributed by atoms with E-state index in [-0.39, 0.29) is 17.7 Å². The minimum atomic E-state index is -0.979. The first-order valence-electron chi connectivity index (χ1n) is 12.6. The Bertz CT molecular complexity index is 1090. The number of hydrogen-bond donors (Lipinski definition) is 3. The average molecular weight is 528 g/mol. The summed E-state index contributed by atoms with van der Waals surface area (Å²) in [7, 11) is 0. The van der Waals surface area contributed by atoms with E-state index < -0.39 is 29.7 Å². The van der Waals surface area contributed by atoms with Gasteiger partial charge in [0.1, 0.15) is 17.7 Å². The quantitative estimate of drug-likeness (QED) is 0.363. The Balaban J connectivity index is 2.55. The van der Waals surface area contributed by atoms with E-state index in [1.807, 2.05) is 77.1 Å². The highest BCUT2D eigenvalue weighted by molar-refractivity contribution is 7.80. The summed E-state index contributed by atoms with van der Waals surface area (Å²) in [5.74, 6) is -0.686. The van der Waals surface area contributed by atoms with Gasteiger partial charge in [0.2, 0.25) is 5.91 Å². The number of carbonyl (C=O) groups excluding carboxylic acids is 3. The van der Waals surface area contributed by atoms with Gasteiger partial charge in [0.25, 0.3) is 5.91 Å². The molecule has 2 rings (SSSR count). The van der Waals surface area contributed by atoms with Crippen LogP contribution in [0.4, 0.5) is 10.5 Å². The van der Waals surface area contributed by atoms with Gasteiger partial charge in [-0.2, -0.15) is 12.6 Å². The second-order valence-corrected chi connectivity index (χ2v) is 10.8. The fourth-order valence-electron chi connectivity index (χ4n) is 4.09. The third-order valence-corrected chi connectivity index (χ3v) is 6.47. The van der Waals surface area contributed by atoms with Crippen LogP contribution in [0, 0.1) is 20.8 Å². The summed E-state index contributed by atoms with van der Waals surface area (Å²) in [5.41, 5.74) is 3.51. The lowest BCUT2D eigenvalue weighted by Gasteiger charge is -2.38. The van der Waals surface area contributed by atoms with Gasteiger partial charge in [-0.15, -0.1) is 0 Å². The fraction of sp³-hybridized carbons (Fsp3) is 0.483. The molecule has 0 saturated carbocycles. The monoisotopic (exact) mass is 527 g/mol. The van der Waals surface area contributed by atoms with Crippen LogP contribution in [0.25, 0.3) is 0 Å². The van der Waals surface area contributed by atoms with Crippen molar-refractivity contribution in [1.82, 2.24) is 10.2 Å². The second-order valence-electron chi connectivity index (χ2n) is 10.5. The first kappa shape index (κ1) is 30.2. The summed E-state index contributed by atoms with van der Waals surface area (Å²) < 4.78 is 5.37. The lowest BCUT2D eigenvalue weighted by molar-refractivity contribution is -0.142. The predicted molar refractivity (Wildman–Crippen MR) is 152 cm³/mol. The zero-order valence-corrected chi connectivity index (χ0v) is 24.1. The number of ether oxygens (including phenoxy) is 1. The molecule has 0 aliphatic heterocycles. The second kappa shape index (κ2) is 13.0. The number of anilines is 1. The number of para-hydroxylation sites is 1. The van der Waals surface area contributed by atoms with E-state index in [1.165, 1.54) is 0 Å². The number of aryl methyl sites for hydroxylation is 3. The van der Waals surface area contributed by atoms with Gasteiger partial charge in [0.05, 0.1) is 0 Å². The Kier molecular flexibility index (Phi) is 10.6. The average Bonchev–Trinajstić information content (AvgIpc) is 2.81. The highest BCUT2D eigenvalue weighted by atomic mass is 32.1. The van der Waals surface area contributed by atoms with E-state index in [0.29, 0.717) is 12.0 Å². The molecule has 2 aromatic carbocycles. The number of nitrogens with one attached hydrogen (secondary N) is 2. The van der Waals surface area contributed by atoms with Crippen molar-refractivity contribution >= 4 is 36.2 Å². The molecule has 2 aromatic rings. The van der Waals surface area contributed by atoms with Crippen LogP contribution in [0.3, 0.4) is 0 Å². The summed E-state index contributed by atoms with van der Waals surface area (Å²) in [6, 6.07) is 11.2. The molecule has 0 fully saturated rings. The SMILES string of the molecule is CCC(C)N(C(=O)C(CS)NC(=O)OC(C)(C)C)C(C(=O)Nc1c(C)cccc1C)c1cccc(C)c1. The van der Waals surface area contributed by atoms with Crippen molar-refractivity contribution in [3.05, 3.63) is 64.7 Å². The molecule has 202 valence electrons. The minimum Gasteiger partial charge on any atom is -0.444 e. The first-order valence-corrected chi connectivity index (χ1v) is 13.3. The number of hydrogen-bond acceptors (Lipinski definition) is 5. The summed E-state index contributed by atoms with van der Waals surface area (Å²) in [5, 5.41) is 5.72. The summed E-state index contributed by atoms with van der Waals surface area (Å²) in [6.07, 6.45) is -0.104. The molecule has 0 aromatic heterocycles. The van der Waals surface area contributed by atoms with Crippen LogP contribution in [0.15, 0.2) is 42.5 Å². The summed E-state index contributed by atoms with van der Waals surface area (Å²) in [6.45, 7) is 14.9. The number of amides is 3. The maximum absolute atomic E-state index is 14.0. The van der Waals surface area contributed by atoms with Crippen LogP contribution in [0.2, 0.25) is 0 Å². The molecule has 0 radical (unpaired) electrons. The minimum absolute atomic E-state index is 0.0457. The van der Waals surface area contributed by atoms with E-state index >= 15 is 0 Å². The van der Waals surface area contributed by atoms with Gasteiger partial charge in [-0.05, 0) is 71.6 Å². The summed E-state index contributed by atoms with van der Waals surface area (Å²) in [4.78, 5) is 42.0. The van der Waals surface area contributed by atoms with Gasteiger partial charge in [-0.25, -0.2) is 4.79 Å². The Morgan fingerprint density at radius 1 is 1.03 bits per heavy atom. The van der Waals surface area contributed by atoms with Crippen LogP contribution in [-0.4, -0.2) is 46.2 Å². The molecule has 8 heteroatoms. The van der Waals surface area contributed by atoms with Crippen molar-refractivity contribution in [1.29, 1.82) is 0 Å². The predicted octanol–water partition coefficient (Wildman–Crippen LogP) is 5.74. The molecule has 0 spiro atoms. The van der Waals surface area contributed by atoms with Crippen molar-refractivity contribution in [3.63, 3.8) is 0 Å². The van der Waals surface area contributed by atoms with E-state index in [2.05, 4.69) is 23.3 Å². The van der Waals surface area contributed by atoms with Crippen LogP contribution >= 0.6 is 12.6 Å². The maximum Gasteiger partial charge on any atom is 0.408 e. The third kappa shape index (κ3) is 8.25. The molecule has 3 unspecified atom stereocenters. The van der Waals surface area contributed by atoms with Crippen LogP contribution in [-0.2, 0) is 14.3 Å². The van der Waals surface area contributed by atoms with Gasteiger partial charge in [-0.3, -0.25) is 9.59 Å². The molecule has 3 amide bonds. The third-order valence-electron chi connectivity index (χ3n) is 6.11. The Morgan fingerprint density at radius 2 is 1.62 bits per heavy atom. The number of nitrogens with zero attached hydrogens (tertiary/aromatic N) is 1. The lowest BCUT2D eigenvalue weighted by Crippen LogP contribution is -2.55. The van der Waals surface area contributed by atoms with E-state index in [0.717, 1.165) is 22.4 Å². The molecule has 7 nitrogen and oxygen atoms in total. The summed E-state index contributed by atoms with van der Waals surface area (Å²) >= 11 is 4.35. The molecular formula is C29H41N3O4S. The Labute approximate surface area is 226 Å². The Morgan fingerprint density at radius 3 is 2.14 bits per heavy atom. The Hall–Kier alpha value is -3.00. The van der Waals surface area contributed by atoms with E-state index in [4.69, 9.17) is 4.74 Å². The van der Waals surface area contributed by atoms with Gasteiger partial charge in [0, 0.05) is 17.5 Å². The molecule has 0 aliphatic carbocycles. The fourth-order valence-corrected chi connectivity index (χ4v) is 4.34. The van der Waals surface area contributed by atoms with Crippen molar-refractivity contribution in [2.24, 2.45) is 0 Å². The smallest absolute Gasteiger partial charge is 0.408 e. The van der Waals surface area contributed by atoms with Gasteiger partial charge in [0.15, 0.2) is 0 Å². The molecule has 37 heavy (non-hydrogen) atoms. The largest absolute Gasteiger partial charge is 0.444 e. The number of rotatable bonds is 9. The van der Waals surface area contributed by atoms with Crippen molar-refractivity contribution in [3.8, 4) is 0 Å². The molecule has 0 heterocycles. The first-order chi connectivity index (χ1) is 17.3. The number of carbonyl (C=O) groups is 3. The van der Waals surface area contributed by atoms with Crippen LogP contribution in [0.5, 0.6) is 0 Å². The normalized spacial score (nSPS) is 13.8. The highest BCUT2D eigenvalue weighted by Gasteiger charge is 2.38. The molecule has 2 N–H and O–H groups in total. The highest BCUT2D eigenvalue weighted by Crippen LogP contribution is 2.29. The molecular weight excluding hydrogens is 486 g/mol. The number of thiol groups is 1. The zero-order valence-electron chi connectivity index (χ0n) is 23.2. The van der Waals surface area contributed by atoms with E-state index in [9.17, 15) is 14.4 Å². The molecule has 0 bridgehead atoms. The zero-order chi connectivity index (χ0) is 27.9. The van der Waals surface area contributed by atoms with Crippen molar-refractivity contribution in [2.75, 3.05) is 11.1 Å². The van der Waals surface area contributed by atoms with Gasteiger partial charge < -0.3 is 20.3 Å². The maximum atomic E-state index is 14.0. The lowest BCUT2D eigenvalue weighted by atomic mass is 9.98. The standard InChI is InChI=1S/C29H41N3O4S/c1-9-21(5)32(27(34)23(17-37)30-28(35)36-29(6,7)8)25(22-15-10-12-18(2)16-22)26(33)31-24-19(3)13-11-14-20(24)4/h10-16,21,23,25,37H,9,17H2,1-8H3,(H,30,35)(H,31,33). The number of alkyl carbamates (subject to hydrolysis) is 1. The molecule has 0 saturated heterocycles.